The number of nitrogens with one attached hydrogen (secondary N) is 1. The van der Waals surface area contributed by atoms with E-state index in [1.165, 1.54) is 24.4 Å². The molecule has 21 heavy (non-hydrogen) atoms. The number of ether oxygens (including phenoxy) is 1. The van der Waals surface area contributed by atoms with Crippen molar-refractivity contribution < 1.29 is 14.1 Å². The second kappa shape index (κ2) is 6.76. The predicted molar refractivity (Wildman–Crippen MR) is 74.4 cm³/mol. The quantitative estimate of drug-likeness (QED) is 0.653. The van der Waals surface area contributed by atoms with E-state index in [0.717, 1.165) is 11.8 Å². The maximum atomic E-state index is 13.0. The van der Waals surface area contributed by atoms with E-state index in [0.29, 0.717) is 12.1 Å². The Morgan fingerprint density at radius 2 is 2.14 bits per heavy atom. The first-order valence-electron chi connectivity index (χ1n) is 6.24. The highest BCUT2D eigenvalue weighted by Gasteiger charge is 2.16. The Bertz CT molecular complexity index is 649. The van der Waals surface area contributed by atoms with Gasteiger partial charge in [-0.3, -0.25) is 15.1 Å². The zero-order chi connectivity index (χ0) is 15.2. The second-order valence-electron chi connectivity index (χ2n) is 4.39. The Labute approximate surface area is 120 Å². The molecule has 7 heteroatoms. The normalized spacial score (nSPS) is 10.4. The summed E-state index contributed by atoms with van der Waals surface area (Å²) < 4.78 is 18.4. The lowest BCUT2D eigenvalue weighted by molar-refractivity contribution is -0.386. The van der Waals surface area contributed by atoms with Crippen LogP contribution in [0.15, 0.2) is 36.7 Å². The van der Waals surface area contributed by atoms with Gasteiger partial charge in [-0.2, -0.15) is 0 Å². The lowest BCUT2D eigenvalue weighted by Crippen LogP contribution is -2.06. The van der Waals surface area contributed by atoms with Crippen molar-refractivity contribution >= 4 is 5.69 Å². The van der Waals surface area contributed by atoms with Crippen molar-refractivity contribution in [3.05, 3.63) is 63.7 Å². The van der Waals surface area contributed by atoms with Crippen LogP contribution in [-0.4, -0.2) is 17.0 Å². The van der Waals surface area contributed by atoms with Gasteiger partial charge in [0.15, 0.2) is 5.75 Å². The minimum atomic E-state index is -0.502. The molecule has 6 nitrogen and oxygen atoms in total. The van der Waals surface area contributed by atoms with Gasteiger partial charge in [-0.25, -0.2) is 4.39 Å². The molecule has 2 aromatic rings. The summed E-state index contributed by atoms with van der Waals surface area (Å²) in [4.78, 5) is 14.3. The van der Waals surface area contributed by atoms with E-state index in [-0.39, 0.29) is 18.0 Å². The molecule has 0 unspecified atom stereocenters. The second-order valence-corrected chi connectivity index (χ2v) is 4.39. The zero-order valence-electron chi connectivity index (χ0n) is 11.4. The fourth-order valence-corrected chi connectivity index (χ4v) is 1.84. The first-order chi connectivity index (χ1) is 10.1. The highest BCUT2D eigenvalue weighted by Crippen LogP contribution is 2.28. The summed E-state index contributed by atoms with van der Waals surface area (Å²) in [6.45, 7) is 0.534. The topological polar surface area (TPSA) is 77.3 Å². The van der Waals surface area contributed by atoms with Gasteiger partial charge in [0.2, 0.25) is 0 Å². The van der Waals surface area contributed by atoms with Gasteiger partial charge in [-0.15, -0.1) is 0 Å². The molecular formula is C14H14FN3O3. The van der Waals surface area contributed by atoms with Crippen LogP contribution in [0.1, 0.15) is 11.1 Å². The van der Waals surface area contributed by atoms with Crippen molar-refractivity contribution in [3.8, 4) is 5.75 Å². The van der Waals surface area contributed by atoms with Crippen molar-refractivity contribution in [1.82, 2.24) is 10.3 Å². The third-order valence-corrected chi connectivity index (χ3v) is 2.76. The molecule has 0 amide bonds. The van der Waals surface area contributed by atoms with Gasteiger partial charge in [-0.05, 0) is 24.7 Å². The Morgan fingerprint density at radius 1 is 1.33 bits per heavy atom. The van der Waals surface area contributed by atoms with Crippen LogP contribution in [-0.2, 0) is 13.2 Å². The van der Waals surface area contributed by atoms with E-state index in [2.05, 4.69) is 10.3 Å². The van der Waals surface area contributed by atoms with E-state index >= 15 is 0 Å². The fraction of sp³-hybridized carbons (Fsp3) is 0.214. The minimum absolute atomic E-state index is 0.0109. The smallest absolute Gasteiger partial charge is 0.311 e. The van der Waals surface area contributed by atoms with Crippen LogP contribution in [0, 0.1) is 15.9 Å². The molecule has 1 aromatic carbocycles. The monoisotopic (exact) mass is 291 g/mol. The molecule has 0 spiro atoms. The third kappa shape index (κ3) is 3.96. The van der Waals surface area contributed by atoms with E-state index in [1.807, 2.05) is 0 Å². The molecule has 0 fully saturated rings. The number of nitro groups is 1. The molecule has 1 aromatic heterocycles. The van der Waals surface area contributed by atoms with E-state index in [4.69, 9.17) is 4.74 Å². The SMILES string of the molecule is CNCc1ccc(OCc2cncc(F)c2)c([N+](=O)[O-])c1. The number of aromatic nitrogens is 1. The highest BCUT2D eigenvalue weighted by molar-refractivity contribution is 5.48. The number of nitrogens with zero attached hydrogens (tertiary/aromatic N) is 2. The molecule has 2 rings (SSSR count). The van der Waals surface area contributed by atoms with Gasteiger partial charge >= 0.3 is 5.69 Å². The van der Waals surface area contributed by atoms with Crippen LogP contribution in [0.5, 0.6) is 5.75 Å². The minimum Gasteiger partial charge on any atom is -0.482 e. The average Bonchev–Trinajstić information content (AvgIpc) is 2.46. The number of rotatable bonds is 6. The Morgan fingerprint density at radius 3 is 2.81 bits per heavy atom. The van der Waals surface area contributed by atoms with Crippen LogP contribution in [0.2, 0.25) is 0 Å². The van der Waals surface area contributed by atoms with Crippen LogP contribution in [0.3, 0.4) is 0 Å². The largest absolute Gasteiger partial charge is 0.482 e. The number of hydrogen-bond acceptors (Lipinski definition) is 5. The number of hydrogen-bond donors (Lipinski definition) is 1. The summed E-state index contributed by atoms with van der Waals surface area (Å²) >= 11 is 0. The standard InChI is InChI=1S/C14H14FN3O3/c1-16-6-10-2-3-14(13(5-10)18(19)20)21-9-11-4-12(15)8-17-7-11/h2-5,7-8,16H,6,9H2,1H3. The number of halogens is 1. The molecule has 0 aliphatic carbocycles. The lowest BCUT2D eigenvalue weighted by Gasteiger charge is -2.08. The molecule has 0 aliphatic heterocycles. The van der Waals surface area contributed by atoms with Gasteiger partial charge in [0.05, 0.1) is 11.1 Å². The average molecular weight is 291 g/mol. The van der Waals surface area contributed by atoms with E-state index in [9.17, 15) is 14.5 Å². The summed E-state index contributed by atoms with van der Waals surface area (Å²) in [6.07, 6.45) is 2.53. The van der Waals surface area contributed by atoms with Gasteiger partial charge < -0.3 is 10.1 Å². The van der Waals surface area contributed by atoms with Crippen molar-refractivity contribution in [1.29, 1.82) is 0 Å². The van der Waals surface area contributed by atoms with Gasteiger partial charge in [-0.1, -0.05) is 6.07 Å². The molecular weight excluding hydrogens is 277 g/mol. The molecule has 0 radical (unpaired) electrons. The first kappa shape index (κ1) is 14.9. The summed E-state index contributed by atoms with van der Waals surface area (Å²) in [6, 6.07) is 6.00. The van der Waals surface area contributed by atoms with Crippen molar-refractivity contribution in [2.45, 2.75) is 13.2 Å². The maximum Gasteiger partial charge on any atom is 0.311 e. The fourth-order valence-electron chi connectivity index (χ4n) is 1.84. The Kier molecular flexibility index (Phi) is 4.78. The van der Waals surface area contributed by atoms with Gasteiger partial charge in [0, 0.05) is 24.4 Å². The Hall–Kier alpha value is -2.54. The van der Waals surface area contributed by atoms with Crippen LogP contribution < -0.4 is 10.1 Å². The first-order valence-corrected chi connectivity index (χ1v) is 6.24. The molecule has 110 valence electrons. The van der Waals surface area contributed by atoms with E-state index in [1.54, 1.807) is 13.1 Å². The molecule has 0 bridgehead atoms. The summed E-state index contributed by atoms with van der Waals surface area (Å²) in [5, 5.41) is 14.0. The molecule has 0 atom stereocenters. The van der Waals surface area contributed by atoms with Crippen LogP contribution in [0.4, 0.5) is 10.1 Å². The van der Waals surface area contributed by atoms with Crippen LogP contribution in [0.25, 0.3) is 0 Å². The predicted octanol–water partition coefficient (Wildman–Crippen LogP) is 2.43. The van der Waals surface area contributed by atoms with Gasteiger partial charge in [0.1, 0.15) is 12.4 Å². The number of pyridine rings is 1. The molecule has 0 saturated heterocycles. The van der Waals surface area contributed by atoms with E-state index < -0.39 is 10.7 Å². The lowest BCUT2D eigenvalue weighted by atomic mass is 10.2. The molecule has 1 N–H and O–H groups in total. The molecule has 1 heterocycles. The summed E-state index contributed by atoms with van der Waals surface area (Å²) in [5.41, 5.74) is 1.17. The highest BCUT2D eigenvalue weighted by atomic mass is 19.1. The van der Waals surface area contributed by atoms with Crippen molar-refractivity contribution in [3.63, 3.8) is 0 Å². The summed E-state index contributed by atoms with van der Waals surface area (Å²) in [5.74, 6) is -0.334. The third-order valence-electron chi connectivity index (χ3n) is 2.76. The van der Waals surface area contributed by atoms with Crippen LogP contribution >= 0.6 is 0 Å². The van der Waals surface area contributed by atoms with Crippen molar-refractivity contribution in [2.75, 3.05) is 7.05 Å². The molecule has 0 saturated carbocycles. The summed E-state index contributed by atoms with van der Waals surface area (Å²) in [7, 11) is 1.76. The Balaban J connectivity index is 2.17. The maximum absolute atomic E-state index is 13.0. The van der Waals surface area contributed by atoms with Gasteiger partial charge in [0.25, 0.3) is 0 Å². The molecule has 0 aliphatic rings. The number of nitro benzene ring substituents is 1. The number of benzene rings is 1. The van der Waals surface area contributed by atoms with Crippen molar-refractivity contribution in [2.24, 2.45) is 0 Å². The zero-order valence-corrected chi connectivity index (χ0v) is 11.4.